The van der Waals surface area contributed by atoms with Crippen molar-refractivity contribution in [3.05, 3.63) is 59.1 Å². The Hall–Kier alpha value is -2.05. The van der Waals surface area contributed by atoms with Crippen LogP contribution in [-0.4, -0.2) is 33.7 Å². The lowest BCUT2D eigenvalue weighted by Crippen LogP contribution is -2.43. The van der Waals surface area contributed by atoms with E-state index in [1.807, 2.05) is 37.3 Å². The molecule has 1 amide bonds. The summed E-state index contributed by atoms with van der Waals surface area (Å²) in [6.45, 7) is 3.73. The number of anilines is 2. The largest absolute Gasteiger partial charge is 0.311 e. The molecule has 0 unspecified atom stereocenters. The van der Waals surface area contributed by atoms with Crippen LogP contribution >= 0.6 is 11.6 Å². The second-order valence-corrected chi connectivity index (χ2v) is 7.94. The van der Waals surface area contributed by atoms with Crippen LogP contribution < -0.4 is 9.21 Å². The smallest absolute Gasteiger partial charge is 0.247 e. The minimum atomic E-state index is -3.65. The Kier molecular flexibility index (Phi) is 6.08. The summed E-state index contributed by atoms with van der Waals surface area (Å²) in [5.41, 5.74) is 1.75. The fourth-order valence-corrected chi connectivity index (χ4v) is 3.64. The summed E-state index contributed by atoms with van der Waals surface area (Å²) in [6, 6.07) is 14.2. The normalized spacial score (nSPS) is 11.2. The molecule has 134 valence electrons. The van der Waals surface area contributed by atoms with Gasteiger partial charge in [-0.2, -0.15) is 0 Å². The van der Waals surface area contributed by atoms with Crippen LogP contribution in [-0.2, 0) is 14.8 Å². The maximum absolute atomic E-state index is 12.8. The Balaban J connectivity index is 2.38. The number of nitrogens with zero attached hydrogens (tertiary/aromatic N) is 2. The third-order valence-corrected chi connectivity index (χ3v) is 5.41. The first-order chi connectivity index (χ1) is 11.8. The van der Waals surface area contributed by atoms with Gasteiger partial charge in [-0.05, 0) is 43.7 Å². The van der Waals surface area contributed by atoms with E-state index < -0.39 is 10.0 Å². The zero-order valence-corrected chi connectivity index (χ0v) is 16.0. The number of para-hydroxylation sites is 1. The Bertz CT molecular complexity index is 854. The number of amides is 1. The van der Waals surface area contributed by atoms with E-state index in [0.29, 0.717) is 22.8 Å². The molecule has 0 bridgehead atoms. The van der Waals surface area contributed by atoms with Crippen molar-refractivity contribution in [1.29, 1.82) is 0 Å². The summed E-state index contributed by atoms with van der Waals surface area (Å²) in [5.74, 6) is -0.307. The number of carbonyl (C=O) groups is 1. The average Bonchev–Trinajstić information content (AvgIpc) is 2.56. The monoisotopic (exact) mass is 380 g/mol. The third kappa shape index (κ3) is 4.52. The third-order valence-electron chi connectivity index (χ3n) is 3.87. The molecule has 2 aromatic carbocycles. The van der Waals surface area contributed by atoms with Crippen molar-refractivity contribution in [1.82, 2.24) is 0 Å². The lowest BCUT2D eigenvalue weighted by molar-refractivity contribution is -0.117. The standard InChI is InChI=1S/C18H21ClN2O3S/c1-4-20(15-9-6-5-7-10-15)18(22)13-21(25(3,23)24)17-12-8-11-16(19)14(17)2/h5-12H,4,13H2,1-3H3. The Morgan fingerprint density at radius 2 is 1.72 bits per heavy atom. The van der Waals surface area contributed by atoms with Gasteiger partial charge < -0.3 is 4.90 Å². The predicted molar refractivity (Wildman–Crippen MR) is 103 cm³/mol. The Labute approximate surface area is 153 Å². The molecule has 0 atom stereocenters. The highest BCUT2D eigenvalue weighted by Gasteiger charge is 2.25. The average molecular weight is 381 g/mol. The molecule has 0 heterocycles. The summed E-state index contributed by atoms with van der Waals surface area (Å²) < 4.78 is 25.7. The molecule has 0 saturated carbocycles. The number of halogens is 1. The highest BCUT2D eigenvalue weighted by atomic mass is 35.5. The first-order valence-corrected chi connectivity index (χ1v) is 10.1. The highest BCUT2D eigenvalue weighted by molar-refractivity contribution is 7.92. The lowest BCUT2D eigenvalue weighted by Gasteiger charge is -2.28. The van der Waals surface area contributed by atoms with E-state index in [0.717, 1.165) is 16.2 Å². The van der Waals surface area contributed by atoms with E-state index >= 15 is 0 Å². The van der Waals surface area contributed by atoms with Crippen LogP contribution in [0.15, 0.2) is 48.5 Å². The van der Waals surface area contributed by atoms with Gasteiger partial charge in [0.05, 0.1) is 11.9 Å². The number of rotatable bonds is 6. The van der Waals surface area contributed by atoms with Crippen molar-refractivity contribution in [2.45, 2.75) is 13.8 Å². The molecule has 0 N–H and O–H groups in total. The van der Waals surface area contributed by atoms with Gasteiger partial charge in [0, 0.05) is 17.3 Å². The van der Waals surface area contributed by atoms with Crippen LogP contribution in [0.25, 0.3) is 0 Å². The van der Waals surface area contributed by atoms with Gasteiger partial charge in [0.1, 0.15) is 6.54 Å². The molecule has 0 aliphatic rings. The van der Waals surface area contributed by atoms with Crippen molar-refractivity contribution in [2.75, 3.05) is 28.6 Å². The lowest BCUT2D eigenvalue weighted by atomic mass is 10.2. The van der Waals surface area contributed by atoms with Crippen molar-refractivity contribution in [3.8, 4) is 0 Å². The molecule has 0 fully saturated rings. The van der Waals surface area contributed by atoms with Gasteiger partial charge >= 0.3 is 0 Å². The fourth-order valence-electron chi connectivity index (χ4n) is 2.57. The van der Waals surface area contributed by atoms with Gasteiger partial charge in [-0.25, -0.2) is 8.42 Å². The van der Waals surface area contributed by atoms with Gasteiger partial charge in [-0.3, -0.25) is 9.10 Å². The summed E-state index contributed by atoms with van der Waals surface area (Å²) in [5, 5.41) is 0.453. The van der Waals surface area contributed by atoms with Crippen LogP contribution in [0.4, 0.5) is 11.4 Å². The Morgan fingerprint density at radius 3 is 2.28 bits per heavy atom. The van der Waals surface area contributed by atoms with Crippen LogP contribution in [0.3, 0.4) is 0 Å². The first-order valence-electron chi connectivity index (χ1n) is 7.84. The SMILES string of the molecule is CCN(C(=O)CN(c1cccc(Cl)c1C)S(C)(=O)=O)c1ccccc1. The van der Waals surface area contributed by atoms with Crippen molar-refractivity contribution >= 4 is 38.9 Å². The second kappa shape index (κ2) is 7.89. The van der Waals surface area contributed by atoms with E-state index in [4.69, 9.17) is 11.6 Å². The highest BCUT2D eigenvalue weighted by Crippen LogP contribution is 2.28. The molecule has 7 heteroatoms. The molecule has 0 aromatic heterocycles. The molecule has 2 aromatic rings. The summed E-state index contributed by atoms with van der Waals surface area (Å²) >= 11 is 6.11. The molecule has 0 spiro atoms. The van der Waals surface area contributed by atoms with Gasteiger partial charge in [0.2, 0.25) is 15.9 Å². The molecule has 0 aliphatic carbocycles. The molecule has 0 radical (unpaired) electrons. The van der Waals surface area contributed by atoms with E-state index in [2.05, 4.69) is 0 Å². The van der Waals surface area contributed by atoms with Crippen LogP contribution in [0.2, 0.25) is 5.02 Å². The van der Waals surface area contributed by atoms with E-state index in [1.54, 1.807) is 30.0 Å². The number of hydrogen-bond acceptors (Lipinski definition) is 3. The van der Waals surface area contributed by atoms with Crippen LogP contribution in [0, 0.1) is 6.92 Å². The summed E-state index contributed by atoms with van der Waals surface area (Å²) in [4.78, 5) is 14.3. The summed E-state index contributed by atoms with van der Waals surface area (Å²) in [6.07, 6.45) is 1.08. The van der Waals surface area contributed by atoms with E-state index in [-0.39, 0.29) is 12.5 Å². The zero-order chi connectivity index (χ0) is 18.6. The van der Waals surface area contributed by atoms with Crippen LogP contribution in [0.5, 0.6) is 0 Å². The minimum absolute atomic E-state index is 0.289. The molecule has 2 rings (SSSR count). The molecule has 0 aliphatic heterocycles. The quantitative estimate of drug-likeness (QED) is 0.771. The molecule has 0 saturated heterocycles. The first kappa shape index (κ1) is 19.3. The molecular formula is C18H21ClN2O3S. The molecular weight excluding hydrogens is 360 g/mol. The number of carbonyl (C=O) groups excluding carboxylic acids is 1. The topological polar surface area (TPSA) is 57.7 Å². The number of benzene rings is 2. The van der Waals surface area contributed by atoms with Crippen LogP contribution in [0.1, 0.15) is 12.5 Å². The number of sulfonamides is 1. The van der Waals surface area contributed by atoms with Gasteiger partial charge in [0.25, 0.3) is 0 Å². The minimum Gasteiger partial charge on any atom is -0.311 e. The fraction of sp³-hybridized carbons (Fsp3) is 0.278. The van der Waals surface area contributed by atoms with E-state index in [1.165, 1.54) is 0 Å². The predicted octanol–water partition coefficient (Wildman–Crippen LogP) is 3.47. The maximum atomic E-state index is 12.8. The van der Waals surface area contributed by atoms with E-state index in [9.17, 15) is 13.2 Å². The zero-order valence-electron chi connectivity index (χ0n) is 14.4. The van der Waals surface area contributed by atoms with Gasteiger partial charge in [0.15, 0.2) is 0 Å². The number of likely N-dealkylation sites (N-methyl/N-ethyl adjacent to an activating group) is 1. The Morgan fingerprint density at radius 1 is 1.08 bits per heavy atom. The van der Waals surface area contributed by atoms with Gasteiger partial charge in [-0.15, -0.1) is 0 Å². The second-order valence-electron chi connectivity index (χ2n) is 5.63. The van der Waals surface area contributed by atoms with Crippen molar-refractivity contribution < 1.29 is 13.2 Å². The number of hydrogen-bond donors (Lipinski definition) is 0. The molecule has 25 heavy (non-hydrogen) atoms. The van der Waals surface area contributed by atoms with Gasteiger partial charge in [-0.1, -0.05) is 35.9 Å². The van der Waals surface area contributed by atoms with Crippen molar-refractivity contribution in [2.24, 2.45) is 0 Å². The molecule has 5 nitrogen and oxygen atoms in total. The van der Waals surface area contributed by atoms with Crippen molar-refractivity contribution in [3.63, 3.8) is 0 Å². The summed E-state index contributed by atoms with van der Waals surface area (Å²) in [7, 11) is -3.65. The maximum Gasteiger partial charge on any atom is 0.247 e.